The van der Waals surface area contributed by atoms with Gasteiger partial charge in [0.25, 0.3) is 5.91 Å². The first-order valence-electron chi connectivity index (χ1n) is 5.98. The molecule has 0 saturated heterocycles. The molecule has 0 fully saturated rings. The topological polar surface area (TPSA) is 70.5 Å². The second-order valence-corrected chi connectivity index (χ2v) is 5.43. The van der Waals surface area contributed by atoms with E-state index < -0.39 is 5.97 Å². The zero-order valence-electron chi connectivity index (χ0n) is 11.2. The molecule has 20 heavy (non-hydrogen) atoms. The molecule has 0 aliphatic carbocycles. The Morgan fingerprint density at radius 1 is 1.30 bits per heavy atom. The molecule has 0 unspecified atom stereocenters. The molecule has 0 aliphatic rings. The molecule has 0 atom stereocenters. The summed E-state index contributed by atoms with van der Waals surface area (Å²) >= 11 is 1.52. The number of aromatic nitrogens is 1. The number of carboxylic acids is 1. The van der Waals surface area contributed by atoms with E-state index in [1.807, 2.05) is 12.3 Å². The number of nitrogens with zero attached hydrogens (tertiary/aromatic N) is 2. The number of aryl methyl sites for hydroxylation is 1. The summed E-state index contributed by atoms with van der Waals surface area (Å²) in [4.78, 5) is 29.2. The van der Waals surface area contributed by atoms with E-state index in [-0.39, 0.29) is 17.0 Å². The van der Waals surface area contributed by atoms with Crippen molar-refractivity contribution in [3.63, 3.8) is 0 Å². The predicted molar refractivity (Wildman–Crippen MR) is 76.0 cm³/mol. The first-order chi connectivity index (χ1) is 9.49. The number of carbonyl (C=O) groups is 2. The quantitative estimate of drug-likeness (QED) is 0.938. The molecule has 1 aromatic heterocycles. The Hall–Kier alpha value is -2.21. The van der Waals surface area contributed by atoms with Gasteiger partial charge in [-0.3, -0.25) is 4.79 Å². The maximum Gasteiger partial charge on any atom is 0.336 e. The Balaban J connectivity index is 2.20. The number of benzene rings is 1. The summed E-state index contributed by atoms with van der Waals surface area (Å²) in [5.74, 6) is -1.43. The van der Waals surface area contributed by atoms with E-state index >= 15 is 0 Å². The van der Waals surface area contributed by atoms with Crippen molar-refractivity contribution in [2.75, 3.05) is 7.05 Å². The highest BCUT2D eigenvalue weighted by Gasteiger charge is 2.19. The molecule has 0 aliphatic heterocycles. The van der Waals surface area contributed by atoms with Crippen LogP contribution >= 0.6 is 11.3 Å². The molecule has 0 saturated carbocycles. The van der Waals surface area contributed by atoms with Crippen LogP contribution in [0.1, 0.15) is 31.4 Å². The summed E-state index contributed by atoms with van der Waals surface area (Å²) in [6.07, 6.45) is 0. The van der Waals surface area contributed by atoms with Crippen molar-refractivity contribution in [3.8, 4) is 0 Å². The first kappa shape index (κ1) is 14.2. The van der Waals surface area contributed by atoms with Crippen LogP contribution in [0.3, 0.4) is 0 Å². The van der Waals surface area contributed by atoms with E-state index in [4.69, 9.17) is 5.11 Å². The zero-order chi connectivity index (χ0) is 14.7. The van der Waals surface area contributed by atoms with Gasteiger partial charge in [0.1, 0.15) is 0 Å². The average Bonchev–Trinajstić information content (AvgIpc) is 2.83. The number of hydrogen-bond acceptors (Lipinski definition) is 4. The van der Waals surface area contributed by atoms with Crippen LogP contribution in [0, 0.1) is 6.92 Å². The zero-order valence-corrected chi connectivity index (χ0v) is 12.0. The summed E-state index contributed by atoms with van der Waals surface area (Å²) in [5.41, 5.74) is 1.00. The van der Waals surface area contributed by atoms with Gasteiger partial charge in [0.15, 0.2) is 0 Å². The number of aromatic carboxylic acids is 1. The predicted octanol–water partition coefficient (Wildman–Crippen LogP) is 2.42. The van der Waals surface area contributed by atoms with Crippen LogP contribution in [0.25, 0.3) is 0 Å². The van der Waals surface area contributed by atoms with Crippen molar-refractivity contribution >= 4 is 23.2 Å². The third kappa shape index (κ3) is 3.03. The number of rotatable bonds is 4. The van der Waals surface area contributed by atoms with E-state index in [1.165, 1.54) is 28.4 Å². The molecular weight excluding hydrogens is 276 g/mol. The van der Waals surface area contributed by atoms with Crippen LogP contribution in [0.4, 0.5) is 0 Å². The first-order valence-corrected chi connectivity index (χ1v) is 6.86. The molecule has 0 spiro atoms. The van der Waals surface area contributed by atoms with Gasteiger partial charge in [0.05, 0.1) is 28.4 Å². The summed E-state index contributed by atoms with van der Waals surface area (Å²) in [5, 5.41) is 11.9. The summed E-state index contributed by atoms with van der Waals surface area (Å²) in [6.45, 7) is 2.26. The molecule has 1 amide bonds. The van der Waals surface area contributed by atoms with E-state index in [0.717, 1.165) is 10.7 Å². The summed E-state index contributed by atoms with van der Waals surface area (Å²) in [7, 11) is 1.63. The van der Waals surface area contributed by atoms with Gasteiger partial charge in [-0.15, -0.1) is 11.3 Å². The molecule has 104 valence electrons. The fourth-order valence-electron chi connectivity index (χ4n) is 1.86. The Morgan fingerprint density at radius 3 is 2.50 bits per heavy atom. The lowest BCUT2D eigenvalue weighted by molar-refractivity contribution is 0.0680. The smallest absolute Gasteiger partial charge is 0.336 e. The van der Waals surface area contributed by atoms with Gasteiger partial charge < -0.3 is 10.0 Å². The van der Waals surface area contributed by atoms with E-state index in [0.29, 0.717) is 6.54 Å². The molecule has 1 aromatic carbocycles. The number of amides is 1. The highest BCUT2D eigenvalue weighted by molar-refractivity contribution is 7.09. The number of carbonyl (C=O) groups excluding carboxylic acids is 1. The van der Waals surface area contributed by atoms with Crippen molar-refractivity contribution in [3.05, 3.63) is 51.5 Å². The van der Waals surface area contributed by atoms with Gasteiger partial charge in [0, 0.05) is 12.4 Å². The van der Waals surface area contributed by atoms with Crippen molar-refractivity contribution in [1.82, 2.24) is 9.88 Å². The van der Waals surface area contributed by atoms with Crippen LogP contribution in [0.15, 0.2) is 29.6 Å². The Morgan fingerprint density at radius 2 is 1.95 bits per heavy atom. The van der Waals surface area contributed by atoms with E-state index in [2.05, 4.69) is 4.98 Å². The van der Waals surface area contributed by atoms with Gasteiger partial charge in [-0.05, 0) is 19.1 Å². The molecule has 1 N–H and O–H groups in total. The molecule has 0 radical (unpaired) electrons. The molecule has 2 rings (SSSR count). The Labute approximate surface area is 120 Å². The lowest BCUT2D eigenvalue weighted by Crippen LogP contribution is -2.28. The summed E-state index contributed by atoms with van der Waals surface area (Å²) < 4.78 is 0. The fraction of sp³-hybridized carbons (Fsp3) is 0.214. The maximum atomic E-state index is 12.3. The monoisotopic (exact) mass is 290 g/mol. The van der Waals surface area contributed by atoms with Crippen LogP contribution < -0.4 is 0 Å². The Kier molecular flexibility index (Phi) is 4.14. The van der Waals surface area contributed by atoms with E-state index in [9.17, 15) is 9.59 Å². The van der Waals surface area contributed by atoms with Crippen LogP contribution in [0.5, 0.6) is 0 Å². The third-order valence-electron chi connectivity index (χ3n) is 2.80. The fourth-order valence-corrected chi connectivity index (χ4v) is 2.46. The van der Waals surface area contributed by atoms with Gasteiger partial charge in [-0.2, -0.15) is 0 Å². The molecule has 6 heteroatoms. The number of carboxylic acid groups (broad SMARTS) is 1. The van der Waals surface area contributed by atoms with Crippen LogP contribution in [0.2, 0.25) is 0 Å². The van der Waals surface area contributed by atoms with E-state index in [1.54, 1.807) is 19.2 Å². The summed E-state index contributed by atoms with van der Waals surface area (Å²) in [6, 6.07) is 6.20. The highest BCUT2D eigenvalue weighted by Crippen LogP contribution is 2.14. The molecule has 5 nitrogen and oxygen atoms in total. The van der Waals surface area contributed by atoms with Crippen molar-refractivity contribution in [1.29, 1.82) is 0 Å². The molecular formula is C14H14N2O3S. The average molecular weight is 290 g/mol. The highest BCUT2D eigenvalue weighted by atomic mass is 32.1. The largest absolute Gasteiger partial charge is 0.478 e. The number of thiazole rings is 1. The van der Waals surface area contributed by atoms with Crippen molar-refractivity contribution in [2.24, 2.45) is 0 Å². The van der Waals surface area contributed by atoms with Gasteiger partial charge in [0.2, 0.25) is 0 Å². The lowest BCUT2D eigenvalue weighted by atomic mass is 10.1. The minimum Gasteiger partial charge on any atom is -0.478 e. The SMILES string of the molecule is Cc1nc(CN(C)C(=O)c2ccccc2C(=O)O)cs1. The van der Waals surface area contributed by atoms with Crippen LogP contribution in [-0.2, 0) is 6.54 Å². The lowest BCUT2D eigenvalue weighted by Gasteiger charge is -2.17. The van der Waals surface area contributed by atoms with Gasteiger partial charge in [-0.25, -0.2) is 9.78 Å². The molecule has 2 aromatic rings. The minimum absolute atomic E-state index is 0.0128. The molecule has 0 bridgehead atoms. The Bertz CT molecular complexity index is 651. The standard InChI is InChI=1S/C14H14N2O3S/c1-9-15-10(8-20-9)7-16(2)13(17)11-5-3-4-6-12(11)14(18)19/h3-6,8H,7H2,1-2H3,(H,18,19). The number of hydrogen-bond donors (Lipinski definition) is 1. The van der Waals surface area contributed by atoms with Gasteiger partial charge >= 0.3 is 5.97 Å². The molecule has 1 heterocycles. The second-order valence-electron chi connectivity index (χ2n) is 4.37. The van der Waals surface area contributed by atoms with Crippen LogP contribution in [-0.4, -0.2) is 33.9 Å². The maximum absolute atomic E-state index is 12.3. The van der Waals surface area contributed by atoms with Gasteiger partial charge in [-0.1, -0.05) is 12.1 Å². The van der Waals surface area contributed by atoms with Crippen molar-refractivity contribution in [2.45, 2.75) is 13.5 Å². The minimum atomic E-state index is -1.10. The van der Waals surface area contributed by atoms with Crippen molar-refractivity contribution < 1.29 is 14.7 Å². The third-order valence-corrected chi connectivity index (χ3v) is 3.62. The second kappa shape index (κ2) is 5.83. The normalized spacial score (nSPS) is 10.3.